The zero-order valence-corrected chi connectivity index (χ0v) is 6.59. The Balaban J connectivity index is 2.87. The molecule has 0 radical (unpaired) electrons. The highest BCUT2D eigenvalue weighted by Gasteiger charge is 2.45. The molecule has 0 unspecified atom stereocenters. The molecule has 11 heavy (non-hydrogen) atoms. The molecule has 3 heteroatoms. The van der Waals surface area contributed by atoms with E-state index < -0.39 is 11.4 Å². The number of Topliss-reactive ketones (excluding diaryl/α,β-unsaturated/α-hetero) is 1. The van der Waals surface area contributed by atoms with E-state index in [0.29, 0.717) is 12.8 Å². The van der Waals surface area contributed by atoms with Crippen LogP contribution >= 0.6 is 0 Å². The number of rotatable bonds is 2. The first-order valence-corrected chi connectivity index (χ1v) is 3.84. The fourth-order valence-corrected chi connectivity index (χ4v) is 1.70. The van der Waals surface area contributed by atoms with Gasteiger partial charge in [0, 0.05) is 0 Å². The van der Waals surface area contributed by atoms with Gasteiger partial charge in [-0.25, -0.2) is 0 Å². The van der Waals surface area contributed by atoms with Crippen LogP contribution in [0.1, 0.15) is 32.6 Å². The Labute approximate surface area is 65.4 Å². The Morgan fingerprint density at radius 2 is 1.73 bits per heavy atom. The standard InChI is InChI=1S/C8H12O3/c1-6(9)8(7(10)11)4-2-3-5-8/h2-5H2,1H3,(H,10,11). The second-order valence-corrected chi connectivity index (χ2v) is 3.15. The lowest BCUT2D eigenvalue weighted by molar-refractivity contribution is -0.153. The van der Waals surface area contributed by atoms with Crippen LogP contribution in [0.3, 0.4) is 0 Å². The van der Waals surface area contributed by atoms with Gasteiger partial charge in [-0.3, -0.25) is 9.59 Å². The van der Waals surface area contributed by atoms with Gasteiger partial charge in [-0.2, -0.15) is 0 Å². The Hall–Kier alpha value is -0.860. The number of carbonyl (C=O) groups is 2. The molecule has 1 aliphatic rings. The van der Waals surface area contributed by atoms with Crippen molar-refractivity contribution in [2.75, 3.05) is 0 Å². The normalized spacial score (nSPS) is 21.5. The zero-order chi connectivity index (χ0) is 8.48. The van der Waals surface area contributed by atoms with Crippen molar-refractivity contribution in [1.82, 2.24) is 0 Å². The third kappa shape index (κ3) is 1.15. The lowest BCUT2D eigenvalue weighted by Gasteiger charge is -2.19. The van der Waals surface area contributed by atoms with Crippen LogP contribution in [-0.4, -0.2) is 16.9 Å². The maximum absolute atomic E-state index is 11.0. The van der Waals surface area contributed by atoms with Crippen LogP contribution < -0.4 is 0 Å². The van der Waals surface area contributed by atoms with Crippen LogP contribution in [-0.2, 0) is 9.59 Å². The van der Waals surface area contributed by atoms with Gasteiger partial charge < -0.3 is 5.11 Å². The van der Waals surface area contributed by atoms with E-state index in [1.807, 2.05) is 0 Å². The molecule has 0 aliphatic heterocycles. The van der Waals surface area contributed by atoms with Gasteiger partial charge in [0.1, 0.15) is 11.2 Å². The van der Waals surface area contributed by atoms with Crippen LogP contribution in [0.4, 0.5) is 0 Å². The van der Waals surface area contributed by atoms with E-state index in [1.54, 1.807) is 0 Å². The molecule has 0 aromatic carbocycles. The smallest absolute Gasteiger partial charge is 0.317 e. The van der Waals surface area contributed by atoms with Crippen molar-refractivity contribution in [1.29, 1.82) is 0 Å². The third-order valence-electron chi connectivity index (χ3n) is 2.54. The minimum atomic E-state index is -1.03. The van der Waals surface area contributed by atoms with Crippen LogP contribution in [0.25, 0.3) is 0 Å². The summed E-state index contributed by atoms with van der Waals surface area (Å²) in [7, 11) is 0. The summed E-state index contributed by atoms with van der Waals surface area (Å²) >= 11 is 0. The maximum atomic E-state index is 11.0. The number of hydrogen-bond donors (Lipinski definition) is 1. The summed E-state index contributed by atoms with van der Waals surface area (Å²) < 4.78 is 0. The van der Waals surface area contributed by atoms with Gasteiger partial charge in [-0.1, -0.05) is 12.8 Å². The van der Waals surface area contributed by atoms with Gasteiger partial charge >= 0.3 is 5.97 Å². The molecule has 0 atom stereocenters. The molecule has 0 saturated heterocycles. The van der Waals surface area contributed by atoms with Gasteiger partial charge in [-0.15, -0.1) is 0 Å². The summed E-state index contributed by atoms with van der Waals surface area (Å²) in [6.45, 7) is 1.37. The Bertz CT molecular complexity index is 174. The van der Waals surface area contributed by atoms with Crippen molar-refractivity contribution < 1.29 is 14.7 Å². The molecule has 1 saturated carbocycles. The van der Waals surface area contributed by atoms with Gasteiger partial charge in [-0.05, 0) is 19.8 Å². The first-order chi connectivity index (χ1) is 5.09. The van der Waals surface area contributed by atoms with E-state index in [-0.39, 0.29) is 5.78 Å². The van der Waals surface area contributed by atoms with E-state index in [4.69, 9.17) is 5.11 Å². The molecule has 0 heterocycles. The van der Waals surface area contributed by atoms with Crippen LogP contribution in [0.5, 0.6) is 0 Å². The molecule has 0 aromatic rings. The number of aliphatic carboxylic acids is 1. The summed E-state index contributed by atoms with van der Waals surface area (Å²) in [6.07, 6.45) is 2.78. The minimum absolute atomic E-state index is 0.192. The second-order valence-electron chi connectivity index (χ2n) is 3.15. The van der Waals surface area contributed by atoms with E-state index in [0.717, 1.165) is 12.8 Å². The van der Waals surface area contributed by atoms with Gasteiger partial charge in [0.25, 0.3) is 0 Å². The Morgan fingerprint density at radius 3 is 1.91 bits per heavy atom. The highest BCUT2D eigenvalue weighted by Crippen LogP contribution is 2.38. The molecule has 1 aliphatic carbocycles. The van der Waals surface area contributed by atoms with E-state index in [9.17, 15) is 9.59 Å². The molecule has 1 fully saturated rings. The SMILES string of the molecule is CC(=O)C1(C(=O)O)CCCC1. The van der Waals surface area contributed by atoms with Crippen LogP contribution in [0, 0.1) is 5.41 Å². The summed E-state index contributed by atoms with van der Waals surface area (Å²) in [5.74, 6) is -1.13. The fourth-order valence-electron chi connectivity index (χ4n) is 1.70. The number of carboxylic acids is 1. The number of carboxylic acid groups (broad SMARTS) is 1. The number of hydrogen-bond acceptors (Lipinski definition) is 2. The summed E-state index contributed by atoms with van der Waals surface area (Å²) in [5.41, 5.74) is -1.03. The molecular weight excluding hydrogens is 144 g/mol. The third-order valence-corrected chi connectivity index (χ3v) is 2.54. The van der Waals surface area contributed by atoms with Crippen molar-refractivity contribution in [2.45, 2.75) is 32.6 Å². The molecule has 0 spiro atoms. The Kier molecular flexibility index (Phi) is 1.98. The average molecular weight is 156 g/mol. The van der Waals surface area contributed by atoms with Crippen LogP contribution in [0.2, 0.25) is 0 Å². The van der Waals surface area contributed by atoms with Crippen LogP contribution in [0.15, 0.2) is 0 Å². The number of ketones is 1. The molecule has 1 N–H and O–H groups in total. The molecule has 62 valence electrons. The maximum Gasteiger partial charge on any atom is 0.317 e. The van der Waals surface area contributed by atoms with Crippen molar-refractivity contribution in [3.05, 3.63) is 0 Å². The lowest BCUT2D eigenvalue weighted by atomic mass is 9.82. The first kappa shape index (κ1) is 8.24. The molecule has 3 nitrogen and oxygen atoms in total. The van der Waals surface area contributed by atoms with E-state index >= 15 is 0 Å². The quantitative estimate of drug-likeness (QED) is 0.611. The van der Waals surface area contributed by atoms with Crippen molar-refractivity contribution in [2.24, 2.45) is 5.41 Å². The van der Waals surface area contributed by atoms with Crippen molar-refractivity contribution in [3.63, 3.8) is 0 Å². The molecular formula is C8H12O3. The lowest BCUT2D eigenvalue weighted by Crippen LogP contribution is -2.34. The highest BCUT2D eigenvalue weighted by atomic mass is 16.4. The Morgan fingerprint density at radius 1 is 1.27 bits per heavy atom. The molecule has 0 bridgehead atoms. The molecule has 0 amide bonds. The van der Waals surface area contributed by atoms with Gasteiger partial charge in [0.15, 0.2) is 0 Å². The second kappa shape index (κ2) is 2.64. The predicted molar refractivity (Wildman–Crippen MR) is 39.2 cm³/mol. The van der Waals surface area contributed by atoms with E-state index in [1.165, 1.54) is 6.92 Å². The van der Waals surface area contributed by atoms with Crippen molar-refractivity contribution >= 4 is 11.8 Å². The monoisotopic (exact) mass is 156 g/mol. The van der Waals surface area contributed by atoms with Crippen molar-refractivity contribution in [3.8, 4) is 0 Å². The predicted octanol–water partition coefficient (Wildman–Crippen LogP) is 1.22. The summed E-state index contributed by atoms with van der Waals surface area (Å²) in [4.78, 5) is 21.8. The molecule has 1 rings (SSSR count). The number of carbonyl (C=O) groups excluding carboxylic acids is 1. The van der Waals surface area contributed by atoms with Gasteiger partial charge in [0.05, 0.1) is 0 Å². The zero-order valence-electron chi connectivity index (χ0n) is 6.59. The van der Waals surface area contributed by atoms with Gasteiger partial charge in [0.2, 0.25) is 0 Å². The first-order valence-electron chi connectivity index (χ1n) is 3.84. The summed E-state index contributed by atoms with van der Waals surface area (Å²) in [5, 5.41) is 8.81. The highest BCUT2D eigenvalue weighted by molar-refractivity contribution is 6.02. The average Bonchev–Trinajstić information content (AvgIpc) is 2.34. The summed E-state index contributed by atoms with van der Waals surface area (Å²) in [6, 6.07) is 0. The minimum Gasteiger partial charge on any atom is -0.480 e. The topological polar surface area (TPSA) is 54.4 Å². The van der Waals surface area contributed by atoms with E-state index in [2.05, 4.69) is 0 Å². The largest absolute Gasteiger partial charge is 0.480 e. The molecule has 0 aromatic heterocycles. The fraction of sp³-hybridized carbons (Fsp3) is 0.750.